The van der Waals surface area contributed by atoms with Gasteiger partial charge >= 0.3 is 0 Å². The van der Waals surface area contributed by atoms with E-state index < -0.39 is 11.6 Å². The van der Waals surface area contributed by atoms with E-state index in [2.05, 4.69) is 5.32 Å². The van der Waals surface area contributed by atoms with Crippen LogP contribution in [0.25, 0.3) is 0 Å². The first-order chi connectivity index (χ1) is 9.19. The van der Waals surface area contributed by atoms with Crippen LogP contribution in [-0.2, 0) is 0 Å². The molecule has 0 bridgehead atoms. The van der Waals surface area contributed by atoms with Gasteiger partial charge in [-0.3, -0.25) is 0 Å². The van der Waals surface area contributed by atoms with Crippen LogP contribution in [0, 0.1) is 11.6 Å². The van der Waals surface area contributed by atoms with Gasteiger partial charge in [-0.15, -0.1) is 0 Å². The fraction of sp³-hybridized carbons (Fsp3) is 0.200. The molecule has 2 rings (SSSR count). The summed E-state index contributed by atoms with van der Waals surface area (Å²) in [5, 5.41) is 3.00. The zero-order valence-electron chi connectivity index (χ0n) is 10.6. The molecule has 1 atom stereocenters. The molecule has 1 unspecified atom stereocenters. The Bertz CT molecular complexity index is 511. The van der Waals surface area contributed by atoms with E-state index in [4.69, 9.17) is 4.74 Å². The number of ether oxygens (including phenoxy) is 1. The summed E-state index contributed by atoms with van der Waals surface area (Å²) < 4.78 is 31.9. The van der Waals surface area contributed by atoms with Gasteiger partial charge in [0.15, 0.2) is 0 Å². The van der Waals surface area contributed by atoms with Gasteiger partial charge in [0.1, 0.15) is 23.5 Å². The molecule has 0 aliphatic rings. The third-order valence-corrected chi connectivity index (χ3v) is 2.68. The maximum absolute atomic E-state index is 13.1. The largest absolute Gasteiger partial charge is 0.484 e. The lowest BCUT2D eigenvalue weighted by atomic mass is 10.1. The van der Waals surface area contributed by atoms with E-state index in [0.717, 1.165) is 11.6 Å². The van der Waals surface area contributed by atoms with Gasteiger partial charge in [0, 0.05) is 24.7 Å². The van der Waals surface area contributed by atoms with E-state index in [0.29, 0.717) is 6.54 Å². The summed E-state index contributed by atoms with van der Waals surface area (Å²) in [5.41, 5.74) is 0.946. The summed E-state index contributed by atoms with van der Waals surface area (Å²) in [7, 11) is 1.80. The van der Waals surface area contributed by atoms with Crippen molar-refractivity contribution in [3.63, 3.8) is 0 Å². The van der Waals surface area contributed by atoms with E-state index in [1.807, 2.05) is 30.3 Å². The lowest BCUT2D eigenvalue weighted by Crippen LogP contribution is -2.22. The van der Waals surface area contributed by atoms with Crippen LogP contribution < -0.4 is 10.1 Å². The molecule has 1 N–H and O–H groups in total. The summed E-state index contributed by atoms with van der Waals surface area (Å²) in [6.07, 6.45) is -0.299. The lowest BCUT2D eigenvalue weighted by molar-refractivity contribution is 0.203. The Kier molecular flexibility index (Phi) is 4.47. The highest BCUT2D eigenvalue weighted by Crippen LogP contribution is 2.23. The topological polar surface area (TPSA) is 21.3 Å². The summed E-state index contributed by atoms with van der Waals surface area (Å²) in [6, 6.07) is 12.7. The first-order valence-electron chi connectivity index (χ1n) is 6.01. The van der Waals surface area contributed by atoms with Crippen molar-refractivity contribution in [1.82, 2.24) is 5.32 Å². The van der Waals surface area contributed by atoms with Gasteiger partial charge in [-0.1, -0.05) is 30.3 Å². The van der Waals surface area contributed by atoms with Crippen LogP contribution in [0.3, 0.4) is 0 Å². The average Bonchev–Trinajstić information content (AvgIpc) is 2.38. The highest BCUT2D eigenvalue weighted by Gasteiger charge is 2.13. The number of likely N-dealkylation sites (N-methyl/N-ethyl adjacent to an activating group) is 1. The second-order valence-corrected chi connectivity index (χ2v) is 4.18. The normalized spacial score (nSPS) is 12.2. The number of nitrogens with one attached hydrogen (secondary N) is 1. The Balaban J connectivity index is 2.21. The summed E-state index contributed by atoms with van der Waals surface area (Å²) in [6.45, 7) is 0.544. The van der Waals surface area contributed by atoms with E-state index in [1.54, 1.807) is 7.05 Å². The minimum atomic E-state index is -0.647. The zero-order valence-corrected chi connectivity index (χ0v) is 10.6. The zero-order chi connectivity index (χ0) is 13.7. The maximum atomic E-state index is 13.1. The molecule has 2 nitrogen and oxygen atoms in total. The van der Waals surface area contributed by atoms with Crippen LogP contribution in [0.2, 0.25) is 0 Å². The summed E-state index contributed by atoms with van der Waals surface area (Å²) in [5.74, 6) is -1.11. The van der Waals surface area contributed by atoms with E-state index in [1.165, 1.54) is 12.1 Å². The third-order valence-electron chi connectivity index (χ3n) is 2.68. The molecule has 0 fully saturated rings. The van der Waals surface area contributed by atoms with Gasteiger partial charge in [-0.05, 0) is 12.6 Å². The predicted molar refractivity (Wildman–Crippen MR) is 70.1 cm³/mol. The van der Waals surface area contributed by atoms with Gasteiger partial charge in [-0.25, -0.2) is 8.78 Å². The number of benzene rings is 2. The van der Waals surface area contributed by atoms with Gasteiger partial charge in [0.25, 0.3) is 0 Å². The van der Waals surface area contributed by atoms with Gasteiger partial charge in [0.05, 0.1) is 0 Å². The molecule has 2 aromatic rings. The van der Waals surface area contributed by atoms with Crippen LogP contribution in [0.1, 0.15) is 11.7 Å². The van der Waals surface area contributed by atoms with E-state index in [9.17, 15) is 8.78 Å². The quantitative estimate of drug-likeness (QED) is 0.893. The van der Waals surface area contributed by atoms with Crippen molar-refractivity contribution in [3.05, 3.63) is 65.7 Å². The van der Waals surface area contributed by atoms with Crippen LogP contribution in [0.4, 0.5) is 8.78 Å². The van der Waals surface area contributed by atoms with Gasteiger partial charge in [-0.2, -0.15) is 0 Å². The monoisotopic (exact) mass is 263 g/mol. The molecule has 0 saturated carbocycles. The fourth-order valence-corrected chi connectivity index (χ4v) is 1.84. The van der Waals surface area contributed by atoms with Crippen molar-refractivity contribution in [3.8, 4) is 5.75 Å². The molecule has 0 heterocycles. The second kappa shape index (κ2) is 6.29. The highest BCUT2D eigenvalue weighted by molar-refractivity contribution is 5.26. The first-order valence-corrected chi connectivity index (χ1v) is 6.01. The van der Waals surface area contributed by atoms with Crippen LogP contribution >= 0.6 is 0 Å². The van der Waals surface area contributed by atoms with Gasteiger partial charge in [0.2, 0.25) is 0 Å². The predicted octanol–water partition coefficient (Wildman–Crippen LogP) is 3.30. The number of hydrogen-bond donors (Lipinski definition) is 1. The van der Waals surface area contributed by atoms with Crippen LogP contribution in [-0.4, -0.2) is 13.6 Å². The van der Waals surface area contributed by atoms with Crippen LogP contribution in [0.15, 0.2) is 48.5 Å². The van der Waals surface area contributed by atoms with Gasteiger partial charge < -0.3 is 10.1 Å². The Labute approximate surface area is 111 Å². The Hall–Kier alpha value is -1.94. The number of hydrogen-bond acceptors (Lipinski definition) is 2. The Morgan fingerprint density at radius 3 is 2.26 bits per heavy atom. The summed E-state index contributed by atoms with van der Waals surface area (Å²) >= 11 is 0. The van der Waals surface area contributed by atoms with Crippen molar-refractivity contribution in [2.75, 3.05) is 13.6 Å². The van der Waals surface area contributed by atoms with E-state index >= 15 is 0 Å². The molecule has 0 aliphatic heterocycles. The molecular weight excluding hydrogens is 248 g/mol. The highest BCUT2D eigenvalue weighted by atomic mass is 19.1. The number of halogens is 2. The molecule has 0 amide bonds. The Morgan fingerprint density at radius 2 is 1.68 bits per heavy atom. The molecule has 100 valence electrons. The molecular formula is C15H15F2NO. The average molecular weight is 263 g/mol. The molecule has 4 heteroatoms. The van der Waals surface area contributed by atoms with Crippen molar-refractivity contribution >= 4 is 0 Å². The SMILES string of the molecule is CNCC(Oc1cc(F)cc(F)c1)c1ccccc1. The smallest absolute Gasteiger partial charge is 0.136 e. The van der Waals surface area contributed by atoms with Crippen molar-refractivity contribution in [2.45, 2.75) is 6.10 Å². The lowest BCUT2D eigenvalue weighted by Gasteiger charge is -2.19. The second-order valence-electron chi connectivity index (χ2n) is 4.18. The molecule has 0 saturated heterocycles. The van der Waals surface area contributed by atoms with Crippen molar-refractivity contribution in [2.24, 2.45) is 0 Å². The maximum Gasteiger partial charge on any atom is 0.136 e. The standard InChI is InChI=1S/C15H15F2NO/c1-18-10-15(11-5-3-2-4-6-11)19-14-8-12(16)7-13(17)9-14/h2-9,15,18H,10H2,1H3. The minimum Gasteiger partial charge on any atom is -0.484 e. The molecule has 0 spiro atoms. The minimum absolute atomic E-state index is 0.182. The van der Waals surface area contributed by atoms with E-state index in [-0.39, 0.29) is 11.9 Å². The molecule has 2 aromatic carbocycles. The Morgan fingerprint density at radius 1 is 1.05 bits per heavy atom. The first kappa shape index (κ1) is 13.5. The summed E-state index contributed by atoms with van der Waals surface area (Å²) in [4.78, 5) is 0. The molecule has 0 aliphatic carbocycles. The number of rotatable bonds is 5. The molecule has 19 heavy (non-hydrogen) atoms. The molecule has 0 aromatic heterocycles. The third kappa shape index (κ3) is 3.76. The van der Waals surface area contributed by atoms with Crippen molar-refractivity contribution in [1.29, 1.82) is 0 Å². The molecule has 0 radical (unpaired) electrons. The fourth-order valence-electron chi connectivity index (χ4n) is 1.84. The van der Waals surface area contributed by atoms with Crippen molar-refractivity contribution < 1.29 is 13.5 Å². The van der Waals surface area contributed by atoms with Crippen LogP contribution in [0.5, 0.6) is 5.75 Å².